The average Bonchev–Trinajstić information content (AvgIpc) is 3.11. The molecule has 208 valence electrons. The maximum absolute atomic E-state index is 4.24. The monoisotopic (exact) mass is 562 g/mol. The summed E-state index contributed by atoms with van der Waals surface area (Å²) in [7, 11) is 0. The van der Waals surface area contributed by atoms with Crippen LogP contribution in [0.4, 0.5) is 0 Å². The lowest BCUT2D eigenvalue weighted by molar-refractivity contribution is 0.976. The van der Waals surface area contributed by atoms with E-state index in [0.717, 1.165) is 12.1 Å². The number of nitrogens with one attached hydrogen (secondary N) is 1. The summed E-state index contributed by atoms with van der Waals surface area (Å²) in [6.45, 7) is 0.845. The Bertz CT molecular complexity index is 2210. The summed E-state index contributed by atoms with van der Waals surface area (Å²) in [5.74, 6) is 0. The number of nitrogens with zero attached hydrogens (tertiary/aromatic N) is 1. The van der Waals surface area contributed by atoms with Gasteiger partial charge in [0.05, 0.1) is 0 Å². The van der Waals surface area contributed by atoms with Crippen molar-refractivity contribution in [1.29, 1.82) is 0 Å². The highest BCUT2D eigenvalue weighted by molar-refractivity contribution is 6.22. The predicted octanol–water partition coefficient (Wildman–Crippen LogP) is 10.6. The molecule has 1 aromatic heterocycles. The van der Waals surface area contributed by atoms with Crippen molar-refractivity contribution in [2.75, 3.05) is 6.54 Å². The maximum Gasteiger partial charge on any atom is 0.0334 e. The van der Waals surface area contributed by atoms with Crippen molar-refractivity contribution in [3.63, 3.8) is 0 Å². The number of benzene rings is 6. The lowest BCUT2D eigenvalue weighted by atomic mass is 9.84. The number of hydrogen-bond acceptors (Lipinski definition) is 2. The Kier molecular flexibility index (Phi) is 6.58. The van der Waals surface area contributed by atoms with Crippen molar-refractivity contribution in [2.45, 2.75) is 0 Å². The van der Waals surface area contributed by atoms with Crippen molar-refractivity contribution in [1.82, 2.24) is 10.3 Å². The molecule has 0 bridgehead atoms. The van der Waals surface area contributed by atoms with Gasteiger partial charge in [-0.3, -0.25) is 4.98 Å². The highest BCUT2D eigenvalue weighted by Gasteiger charge is 2.18. The molecular weight excluding hydrogens is 532 g/mol. The molecule has 0 fully saturated rings. The molecule has 0 spiro atoms. The molecule has 1 N–H and O–H groups in total. The number of dihydropyridines is 1. The smallest absolute Gasteiger partial charge is 0.0334 e. The van der Waals surface area contributed by atoms with Crippen LogP contribution in [0.5, 0.6) is 0 Å². The Labute approximate surface area is 257 Å². The van der Waals surface area contributed by atoms with Crippen molar-refractivity contribution < 1.29 is 0 Å². The first-order valence-corrected chi connectivity index (χ1v) is 15.1. The zero-order valence-electron chi connectivity index (χ0n) is 24.2. The summed E-state index contributed by atoms with van der Waals surface area (Å²) >= 11 is 0. The second kappa shape index (κ2) is 11.2. The minimum atomic E-state index is 0.845. The highest BCUT2D eigenvalue weighted by atomic mass is 14.8. The average molecular weight is 563 g/mol. The molecule has 6 aromatic carbocycles. The lowest BCUT2D eigenvalue weighted by Gasteiger charge is -2.20. The van der Waals surface area contributed by atoms with Gasteiger partial charge in [-0.2, -0.15) is 0 Å². The first kappa shape index (κ1) is 25.9. The van der Waals surface area contributed by atoms with Crippen LogP contribution in [0.2, 0.25) is 0 Å². The summed E-state index contributed by atoms with van der Waals surface area (Å²) in [5, 5.41) is 8.27. The molecule has 0 radical (unpaired) electrons. The number of allylic oxidation sites excluding steroid dienone is 2. The minimum absolute atomic E-state index is 0.845. The molecule has 0 amide bonds. The Balaban J connectivity index is 1.44. The Morgan fingerprint density at radius 2 is 1.00 bits per heavy atom. The van der Waals surface area contributed by atoms with Gasteiger partial charge in [0.2, 0.25) is 0 Å². The van der Waals surface area contributed by atoms with E-state index in [4.69, 9.17) is 0 Å². The van der Waals surface area contributed by atoms with Crippen LogP contribution >= 0.6 is 0 Å². The minimum Gasteiger partial charge on any atom is -0.387 e. The molecule has 0 saturated heterocycles. The van der Waals surface area contributed by atoms with Gasteiger partial charge in [0.1, 0.15) is 0 Å². The quantitative estimate of drug-likeness (QED) is 0.211. The van der Waals surface area contributed by atoms with Crippen LogP contribution in [-0.2, 0) is 0 Å². The van der Waals surface area contributed by atoms with E-state index in [2.05, 4.69) is 156 Å². The van der Waals surface area contributed by atoms with Crippen LogP contribution in [0.25, 0.3) is 71.6 Å². The maximum atomic E-state index is 4.24. The molecule has 0 saturated carbocycles. The van der Waals surface area contributed by atoms with Crippen LogP contribution in [-0.4, -0.2) is 11.5 Å². The molecule has 7 aromatic rings. The topological polar surface area (TPSA) is 24.9 Å². The molecule has 2 heteroatoms. The second-order valence-corrected chi connectivity index (χ2v) is 11.2. The molecule has 1 aliphatic heterocycles. The third kappa shape index (κ3) is 4.67. The van der Waals surface area contributed by atoms with E-state index in [9.17, 15) is 0 Å². The van der Waals surface area contributed by atoms with E-state index in [-0.39, 0.29) is 0 Å². The fourth-order valence-corrected chi connectivity index (χ4v) is 6.53. The third-order valence-corrected chi connectivity index (χ3v) is 8.60. The first-order valence-electron chi connectivity index (χ1n) is 15.1. The molecule has 0 unspecified atom stereocenters. The first-order chi connectivity index (χ1) is 21.8. The van der Waals surface area contributed by atoms with Crippen molar-refractivity contribution in [3.05, 3.63) is 170 Å². The van der Waals surface area contributed by atoms with Crippen LogP contribution in [0.3, 0.4) is 0 Å². The van der Waals surface area contributed by atoms with E-state index in [1.54, 1.807) is 0 Å². The molecule has 2 heterocycles. The van der Waals surface area contributed by atoms with E-state index < -0.39 is 0 Å². The largest absolute Gasteiger partial charge is 0.387 e. The van der Waals surface area contributed by atoms with Gasteiger partial charge >= 0.3 is 0 Å². The summed E-state index contributed by atoms with van der Waals surface area (Å²) in [6.07, 6.45) is 10.2. The van der Waals surface area contributed by atoms with Gasteiger partial charge in [0.25, 0.3) is 0 Å². The van der Waals surface area contributed by atoms with Gasteiger partial charge in [-0.05, 0) is 120 Å². The fourth-order valence-electron chi connectivity index (χ4n) is 6.53. The number of hydrogen-bond donors (Lipinski definition) is 1. The van der Waals surface area contributed by atoms with Gasteiger partial charge in [-0.15, -0.1) is 0 Å². The zero-order chi connectivity index (χ0) is 29.3. The van der Waals surface area contributed by atoms with Gasteiger partial charge in [-0.1, -0.05) is 109 Å². The molecule has 44 heavy (non-hydrogen) atoms. The normalized spacial score (nSPS) is 12.7. The van der Waals surface area contributed by atoms with Crippen molar-refractivity contribution >= 4 is 27.1 Å². The van der Waals surface area contributed by atoms with Crippen LogP contribution < -0.4 is 5.32 Å². The number of pyridine rings is 1. The highest BCUT2D eigenvalue weighted by Crippen LogP contribution is 2.45. The molecule has 0 aliphatic carbocycles. The molecule has 0 atom stereocenters. The van der Waals surface area contributed by atoms with E-state index in [1.807, 2.05) is 18.6 Å². The third-order valence-electron chi connectivity index (χ3n) is 8.60. The van der Waals surface area contributed by atoms with Crippen LogP contribution in [0.1, 0.15) is 5.56 Å². The molecule has 8 rings (SSSR count). The zero-order valence-corrected chi connectivity index (χ0v) is 24.2. The summed E-state index contributed by atoms with van der Waals surface area (Å²) in [6, 6.07) is 48.6. The molecule has 1 aliphatic rings. The number of fused-ring (bicyclic) bond motifs is 2. The number of aromatic nitrogens is 1. The summed E-state index contributed by atoms with van der Waals surface area (Å²) < 4.78 is 0. The van der Waals surface area contributed by atoms with E-state index >= 15 is 0 Å². The van der Waals surface area contributed by atoms with Gasteiger partial charge in [-0.25, -0.2) is 0 Å². The second-order valence-electron chi connectivity index (χ2n) is 11.2. The van der Waals surface area contributed by atoms with Gasteiger partial charge in [0.15, 0.2) is 0 Å². The van der Waals surface area contributed by atoms with Crippen LogP contribution in [0.15, 0.2) is 164 Å². The standard InChI is InChI=1S/C42H30N2/c1-2-8-29(9-3-1)34-16-17-39-40(28-34)42(36-13-7-11-33(27-36)31-20-24-44-25-21-31)38-15-5-4-14-37(38)41(39)35-12-6-10-32(26-35)30-18-22-43-23-19-30/h1-22,24-28,43H,23H2. The summed E-state index contributed by atoms with van der Waals surface area (Å²) in [4.78, 5) is 4.24. The Morgan fingerprint density at radius 3 is 1.73 bits per heavy atom. The fraction of sp³-hybridized carbons (Fsp3) is 0.0238. The van der Waals surface area contributed by atoms with Crippen molar-refractivity contribution in [3.8, 4) is 44.5 Å². The Morgan fingerprint density at radius 1 is 0.432 bits per heavy atom. The SMILES string of the molecule is C1=CC(c2cccc(-c3c4ccccc4c(-c4cccc(-c5ccncc5)c4)c4cc(-c5ccccc5)ccc34)c2)=CCN1. The van der Waals surface area contributed by atoms with E-state index in [0.29, 0.717) is 0 Å². The molecular formula is C42H30N2. The van der Waals surface area contributed by atoms with Crippen LogP contribution in [0, 0.1) is 0 Å². The van der Waals surface area contributed by atoms with E-state index in [1.165, 1.54) is 71.6 Å². The molecule has 2 nitrogen and oxygen atoms in total. The number of rotatable bonds is 5. The lowest BCUT2D eigenvalue weighted by Crippen LogP contribution is -2.08. The summed E-state index contributed by atoms with van der Waals surface area (Å²) in [5.41, 5.74) is 12.2. The Hall–Kier alpha value is -5.73. The van der Waals surface area contributed by atoms with Gasteiger partial charge in [0, 0.05) is 18.9 Å². The van der Waals surface area contributed by atoms with Crippen molar-refractivity contribution in [2.24, 2.45) is 0 Å². The predicted molar refractivity (Wildman–Crippen MR) is 186 cm³/mol. The van der Waals surface area contributed by atoms with Gasteiger partial charge < -0.3 is 5.32 Å².